The Balaban J connectivity index is 2.47. The average molecular weight is 322 g/mol. The zero-order valence-corrected chi connectivity index (χ0v) is 12.3. The zero-order chi connectivity index (χ0) is 14.0. The molecule has 1 atom stereocenters. The fourth-order valence-corrected chi connectivity index (χ4v) is 3.44. The van der Waals surface area contributed by atoms with Crippen LogP contribution in [0, 0.1) is 11.6 Å². The minimum atomic E-state index is -0.615. The molecule has 1 aromatic carbocycles. The molecule has 19 heavy (non-hydrogen) atoms. The van der Waals surface area contributed by atoms with E-state index in [0.29, 0.717) is 20.8 Å². The summed E-state index contributed by atoms with van der Waals surface area (Å²) in [5.41, 5.74) is 1.21. The van der Waals surface area contributed by atoms with Crippen LogP contribution in [0.25, 0.3) is 0 Å². The van der Waals surface area contributed by atoms with Gasteiger partial charge in [0.15, 0.2) is 0 Å². The van der Waals surface area contributed by atoms with Gasteiger partial charge in [0.05, 0.1) is 14.7 Å². The molecule has 1 unspecified atom stereocenters. The highest BCUT2D eigenvalue weighted by Gasteiger charge is 2.20. The van der Waals surface area contributed by atoms with Crippen molar-refractivity contribution in [2.45, 2.75) is 13.0 Å². The van der Waals surface area contributed by atoms with Crippen molar-refractivity contribution in [2.75, 3.05) is 6.54 Å². The SMILES string of the molecule is CCNC(c1cc(F)cc(F)c1)c1cc(Cl)sc1Cl. The van der Waals surface area contributed by atoms with Gasteiger partial charge in [-0.1, -0.05) is 30.1 Å². The van der Waals surface area contributed by atoms with Crippen molar-refractivity contribution in [3.63, 3.8) is 0 Å². The molecule has 1 aromatic heterocycles. The topological polar surface area (TPSA) is 12.0 Å². The second-order valence-corrected chi connectivity index (χ2v) is 6.26. The molecule has 0 fully saturated rings. The highest BCUT2D eigenvalue weighted by atomic mass is 35.5. The lowest BCUT2D eigenvalue weighted by Gasteiger charge is -2.18. The Kier molecular flexibility index (Phi) is 4.79. The number of hydrogen-bond acceptors (Lipinski definition) is 2. The van der Waals surface area contributed by atoms with Gasteiger partial charge >= 0.3 is 0 Å². The van der Waals surface area contributed by atoms with Crippen molar-refractivity contribution in [1.29, 1.82) is 0 Å². The predicted octanol–water partition coefficient (Wildman–Crippen LogP) is 5.03. The van der Waals surface area contributed by atoms with Gasteiger partial charge in [-0.2, -0.15) is 0 Å². The molecule has 0 bridgehead atoms. The van der Waals surface area contributed by atoms with Crippen molar-refractivity contribution < 1.29 is 8.78 Å². The Morgan fingerprint density at radius 3 is 2.26 bits per heavy atom. The zero-order valence-electron chi connectivity index (χ0n) is 10.0. The van der Waals surface area contributed by atoms with Gasteiger partial charge < -0.3 is 5.32 Å². The second kappa shape index (κ2) is 6.18. The summed E-state index contributed by atoms with van der Waals surface area (Å²) in [5.74, 6) is -1.23. The van der Waals surface area contributed by atoms with Crippen LogP contribution in [0.15, 0.2) is 24.3 Å². The molecule has 1 N–H and O–H groups in total. The molecule has 0 saturated carbocycles. The lowest BCUT2D eigenvalue weighted by atomic mass is 10.0. The molecule has 0 aliphatic carbocycles. The number of benzene rings is 1. The van der Waals surface area contributed by atoms with Crippen LogP contribution in [0.3, 0.4) is 0 Å². The van der Waals surface area contributed by atoms with E-state index in [1.54, 1.807) is 6.07 Å². The standard InChI is InChI=1S/C13H11Cl2F2NS/c1-2-18-12(10-6-11(14)19-13(10)15)7-3-8(16)5-9(17)4-7/h3-6,12,18H,2H2,1H3. The van der Waals surface area contributed by atoms with Gasteiger partial charge in [-0.15, -0.1) is 11.3 Å². The third kappa shape index (κ3) is 3.45. The molecule has 6 heteroatoms. The highest BCUT2D eigenvalue weighted by Crippen LogP contribution is 2.37. The fraction of sp³-hybridized carbons (Fsp3) is 0.231. The van der Waals surface area contributed by atoms with Crippen molar-refractivity contribution in [1.82, 2.24) is 5.32 Å². The van der Waals surface area contributed by atoms with Crippen LogP contribution in [0.5, 0.6) is 0 Å². The quantitative estimate of drug-likeness (QED) is 0.832. The molecule has 1 nitrogen and oxygen atoms in total. The normalized spacial score (nSPS) is 12.7. The summed E-state index contributed by atoms with van der Waals surface area (Å²) in [4.78, 5) is 0. The van der Waals surface area contributed by atoms with Crippen molar-refractivity contribution in [3.05, 3.63) is 55.7 Å². The van der Waals surface area contributed by atoms with Crippen LogP contribution < -0.4 is 5.32 Å². The molecular formula is C13H11Cl2F2NS. The smallest absolute Gasteiger partial charge is 0.126 e. The molecule has 2 rings (SSSR count). The van der Waals surface area contributed by atoms with E-state index in [1.807, 2.05) is 6.92 Å². The fourth-order valence-electron chi connectivity index (χ4n) is 1.90. The highest BCUT2D eigenvalue weighted by molar-refractivity contribution is 7.20. The van der Waals surface area contributed by atoms with E-state index >= 15 is 0 Å². The average Bonchev–Trinajstić information content (AvgIpc) is 2.64. The van der Waals surface area contributed by atoms with E-state index in [2.05, 4.69) is 5.32 Å². The molecule has 0 aliphatic heterocycles. The molecule has 0 radical (unpaired) electrons. The van der Waals surface area contributed by atoms with Gasteiger partial charge in [-0.25, -0.2) is 8.78 Å². The number of nitrogens with one attached hydrogen (secondary N) is 1. The summed E-state index contributed by atoms with van der Waals surface area (Å²) >= 11 is 13.3. The van der Waals surface area contributed by atoms with Gasteiger partial charge in [-0.05, 0) is 30.3 Å². The Labute approximate surface area is 124 Å². The summed E-state index contributed by atoms with van der Waals surface area (Å²) in [5, 5.41) is 3.15. The van der Waals surface area contributed by atoms with Crippen molar-refractivity contribution in [3.8, 4) is 0 Å². The van der Waals surface area contributed by atoms with Crippen LogP contribution in [-0.2, 0) is 0 Å². The lowest BCUT2D eigenvalue weighted by Crippen LogP contribution is -2.22. The maximum Gasteiger partial charge on any atom is 0.126 e. The minimum absolute atomic E-state index is 0.383. The van der Waals surface area contributed by atoms with Crippen molar-refractivity contribution >= 4 is 34.5 Å². The summed E-state index contributed by atoms with van der Waals surface area (Å²) in [6.07, 6.45) is 0. The van der Waals surface area contributed by atoms with Gasteiger partial charge in [0.1, 0.15) is 11.6 Å². The first-order chi connectivity index (χ1) is 9.01. The van der Waals surface area contributed by atoms with Crippen LogP contribution in [-0.4, -0.2) is 6.54 Å². The third-order valence-corrected chi connectivity index (χ3v) is 4.14. The summed E-state index contributed by atoms with van der Waals surface area (Å²) in [6.45, 7) is 2.54. The first-order valence-corrected chi connectivity index (χ1v) is 7.22. The third-order valence-electron chi connectivity index (χ3n) is 2.62. The summed E-state index contributed by atoms with van der Waals surface area (Å²) < 4.78 is 27.7. The van der Waals surface area contributed by atoms with Gasteiger partial charge in [-0.3, -0.25) is 0 Å². The maximum atomic E-state index is 13.3. The molecule has 102 valence electrons. The molecule has 0 spiro atoms. The van der Waals surface area contributed by atoms with Crippen molar-refractivity contribution in [2.24, 2.45) is 0 Å². The van der Waals surface area contributed by atoms with Crippen LogP contribution in [0.1, 0.15) is 24.1 Å². The molecule has 2 aromatic rings. The van der Waals surface area contributed by atoms with Crippen LogP contribution in [0.4, 0.5) is 8.78 Å². The maximum absolute atomic E-state index is 13.3. The van der Waals surface area contributed by atoms with E-state index in [9.17, 15) is 8.78 Å². The second-order valence-electron chi connectivity index (χ2n) is 3.97. The van der Waals surface area contributed by atoms with E-state index < -0.39 is 11.6 Å². The molecular weight excluding hydrogens is 311 g/mol. The van der Waals surface area contributed by atoms with E-state index in [4.69, 9.17) is 23.2 Å². The number of hydrogen-bond donors (Lipinski definition) is 1. The summed E-state index contributed by atoms with van der Waals surface area (Å²) in [6, 6.07) is 4.75. The molecule has 0 saturated heterocycles. The van der Waals surface area contributed by atoms with Crippen LogP contribution >= 0.6 is 34.5 Å². The molecule has 1 heterocycles. The van der Waals surface area contributed by atoms with Gasteiger partial charge in [0.25, 0.3) is 0 Å². The number of rotatable bonds is 4. The first kappa shape index (κ1) is 14.7. The van der Waals surface area contributed by atoms with E-state index in [-0.39, 0.29) is 6.04 Å². The molecule has 0 aliphatic rings. The number of thiophene rings is 1. The largest absolute Gasteiger partial charge is 0.306 e. The minimum Gasteiger partial charge on any atom is -0.306 e. The van der Waals surface area contributed by atoms with Crippen LogP contribution in [0.2, 0.25) is 8.67 Å². The van der Waals surface area contributed by atoms with Gasteiger partial charge in [0, 0.05) is 11.6 Å². The Bertz CT molecular complexity index is 566. The van der Waals surface area contributed by atoms with E-state index in [1.165, 1.54) is 23.5 Å². The number of halogens is 4. The first-order valence-electron chi connectivity index (χ1n) is 5.65. The van der Waals surface area contributed by atoms with E-state index in [0.717, 1.165) is 11.6 Å². The Morgan fingerprint density at radius 2 is 1.79 bits per heavy atom. The van der Waals surface area contributed by atoms with Gasteiger partial charge in [0.2, 0.25) is 0 Å². The lowest BCUT2D eigenvalue weighted by molar-refractivity contribution is 0.565. The Hall–Kier alpha value is -0.680. The summed E-state index contributed by atoms with van der Waals surface area (Å²) in [7, 11) is 0. The monoisotopic (exact) mass is 321 g/mol. The Morgan fingerprint density at radius 1 is 1.16 bits per heavy atom. The molecule has 0 amide bonds. The predicted molar refractivity (Wildman–Crippen MR) is 76.2 cm³/mol.